The van der Waals surface area contributed by atoms with Crippen LogP contribution < -0.4 is 31.6 Å². The van der Waals surface area contributed by atoms with Crippen LogP contribution in [0.2, 0.25) is 0 Å². The van der Waals surface area contributed by atoms with Crippen LogP contribution in [0.15, 0.2) is 29.0 Å². The predicted octanol–water partition coefficient (Wildman–Crippen LogP) is -1.27. The van der Waals surface area contributed by atoms with Crippen LogP contribution in [0.1, 0.15) is 49.7 Å². The van der Waals surface area contributed by atoms with Crippen molar-refractivity contribution in [2.24, 2.45) is 16.5 Å². The normalized spacial score (nSPS) is 25.4. The van der Waals surface area contributed by atoms with E-state index < -0.39 is 53.5 Å². The topological polar surface area (TPSA) is 234 Å². The van der Waals surface area contributed by atoms with Crippen molar-refractivity contribution < 1.29 is 43.6 Å². The number of methoxy groups -OCH3 is 1. The number of ether oxygens (including phenoxy) is 3. The van der Waals surface area contributed by atoms with Gasteiger partial charge in [-0.15, -0.1) is 0 Å². The number of piperidine rings is 1. The number of amides is 3. The minimum absolute atomic E-state index is 0.0464. The van der Waals surface area contributed by atoms with Crippen LogP contribution in [0.4, 0.5) is 4.79 Å². The number of hydrogen-bond acceptors (Lipinski definition) is 10. The molecule has 0 saturated carbocycles. The van der Waals surface area contributed by atoms with Crippen LogP contribution in [0.25, 0.3) is 0 Å². The van der Waals surface area contributed by atoms with Crippen molar-refractivity contribution in [3.8, 4) is 11.5 Å². The molecule has 1 aromatic rings. The lowest BCUT2D eigenvalue weighted by Crippen LogP contribution is -2.74. The zero-order chi connectivity index (χ0) is 34.8. The van der Waals surface area contributed by atoms with E-state index in [4.69, 9.17) is 30.8 Å². The fraction of sp³-hybridized carbons (Fsp3) is 0.594. The van der Waals surface area contributed by atoms with Gasteiger partial charge in [0, 0.05) is 49.5 Å². The van der Waals surface area contributed by atoms with Crippen LogP contribution in [-0.4, -0.2) is 121 Å². The zero-order valence-corrected chi connectivity index (χ0v) is 27.5. The van der Waals surface area contributed by atoms with Gasteiger partial charge in [0.15, 0.2) is 30.0 Å². The van der Waals surface area contributed by atoms with Gasteiger partial charge in [-0.2, -0.15) is 0 Å². The Labute approximate surface area is 278 Å². The summed E-state index contributed by atoms with van der Waals surface area (Å²) in [5, 5.41) is 24.6. The van der Waals surface area contributed by atoms with Crippen LogP contribution in [-0.2, 0) is 31.0 Å². The molecule has 1 aromatic carbocycles. The molecule has 1 spiro atoms. The second-order valence-electron chi connectivity index (χ2n) is 12.9. The summed E-state index contributed by atoms with van der Waals surface area (Å²) >= 11 is 0. The van der Waals surface area contributed by atoms with Crippen molar-refractivity contribution >= 4 is 29.8 Å². The summed E-state index contributed by atoms with van der Waals surface area (Å²) in [6.45, 7) is 1.22. The molecular weight excluding hydrogens is 626 g/mol. The molecule has 2 heterocycles. The highest BCUT2D eigenvalue weighted by atomic mass is 16.6. The fourth-order valence-electron chi connectivity index (χ4n) is 7.66. The lowest BCUT2D eigenvalue weighted by molar-refractivity contribution is -0.163. The van der Waals surface area contributed by atoms with Crippen LogP contribution in [0.5, 0.6) is 11.5 Å². The predicted molar refractivity (Wildman–Crippen MR) is 173 cm³/mol. The Hall–Kier alpha value is -4.57. The van der Waals surface area contributed by atoms with Crippen molar-refractivity contribution in [1.82, 2.24) is 20.4 Å². The molecule has 5 atom stereocenters. The van der Waals surface area contributed by atoms with Crippen molar-refractivity contribution in [3.05, 3.63) is 35.1 Å². The molecule has 0 unspecified atom stereocenters. The number of carbonyl (C=O) groups is 4. The lowest BCUT2D eigenvalue weighted by Gasteiger charge is -2.61. The summed E-state index contributed by atoms with van der Waals surface area (Å²) in [5.74, 6) is -0.896. The molecular formula is C32H46N7O9+. The third-order valence-corrected chi connectivity index (χ3v) is 9.99. The number of likely N-dealkylation sites (N-methyl/N-ethyl adjacent to an activating group) is 2. The molecule has 48 heavy (non-hydrogen) atoms. The van der Waals surface area contributed by atoms with Gasteiger partial charge in [-0.05, 0) is 63.4 Å². The van der Waals surface area contributed by atoms with Crippen LogP contribution in [0.3, 0.4) is 0 Å². The molecule has 2 aliphatic heterocycles. The van der Waals surface area contributed by atoms with Gasteiger partial charge in [0.1, 0.15) is 11.8 Å². The first-order chi connectivity index (χ1) is 22.8. The number of aliphatic imine (C=N–C) groups is 1. The Balaban J connectivity index is 1.22. The van der Waals surface area contributed by atoms with E-state index in [1.165, 1.54) is 11.9 Å². The molecule has 2 bridgehead atoms. The Morgan fingerprint density at radius 2 is 2.04 bits per heavy atom. The van der Waals surface area contributed by atoms with Gasteiger partial charge in [0.25, 0.3) is 0 Å². The molecule has 16 nitrogen and oxygen atoms in total. The molecule has 1 fully saturated rings. The van der Waals surface area contributed by atoms with E-state index in [1.807, 2.05) is 19.2 Å². The maximum Gasteiger partial charge on any atom is 0.525 e. The Morgan fingerprint density at radius 1 is 1.27 bits per heavy atom. The van der Waals surface area contributed by atoms with Crippen LogP contribution in [0, 0.1) is 0 Å². The molecule has 16 heteroatoms. The van der Waals surface area contributed by atoms with Crippen molar-refractivity contribution in [3.63, 3.8) is 0 Å². The summed E-state index contributed by atoms with van der Waals surface area (Å²) in [4.78, 5) is 56.9. The molecule has 5 rings (SSSR count). The number of carbonyl (C=O) groups excluding carboxylic acids is 4. The highest BCUT2D eigenvalue weighted by molar-refractivity contribution is 5.96. The summed E-state index contributed by atoms with van der Waals surface area (Å²) in [7, 11) is 5.13. The first-order valence-electron chi connectivity index (χ1n) is 16.1. The number of benzene rings is 1. The minimum atomic E-state index is -1.13. The van der Waals surface area contributed by atoms with Gasteiger partial charge in [-0.3, -0.25) is 14.6 Å². The van der Waals surface area contributed by atoms with Gasteiger partial charge < -0.3 is 56.3 Å². The van der Waals surface area contributed by atoms with E-state index in [9.17, 15) is 24.3 Å². The second kappa shape index (κ2) is 13.9. The van der Waals surface area contributed by atoms with Gasteiger partial charge >= 0.3 is 12.1 Å². The van der Waals surface area contributed by atoms with Gasteiger partial charge in [-0.1, -0.05) is 6.07 Å². The number of hydrogen-bond donors (Lipinski definition) is 5. The number of aliphatic hydroxyl groups is 1. The molecule has 0 aromatic heterocycles. The number of unbranched alkanes of at least 4 members (excludes halogenated alkanes) is 1. The number of nitrogens with one attached hydrogen (secondary N) is 2. The zero-order valence-electron chi connectivity index (χ0n) is 27.5. The maximum absolute atomic E-state index is 13.3. The Kier molecular flexibility index (Phi) is 10.1. The average Bonchev–Trinajstić information content (AvgIpc) is 3.38. The second-order valence-corrected chi connectivity index (χ2v) is 12.9. The molecule has 9 N–H and O–H groups in total. The highest BCUT2D eigenvalue weighted by Gasteiger charge is 2.72. The number of nitrogens with two attached hydrogens (primary N) is 2. The summed E-state index contributed by atoms with van der Waals surface area (Å²) < 4.78 is 18.1. The van der Waals surface area contributed by atoms with Crippen LogP contribution >= 0.6 is 0 Å². The fourth-order valence-corrected chi connectivity index (χ4v) is 7.66. The molecule has 2 aliphatic carbocycles. The number of guanidine groups is 1. The smallest absolute Gasteiger partial charge is 0.525 e. The van der Waals surface area contributed by atoms with E-state index >= 15 is 0 Å². The number of nitrogens with zero attached hydrogens (tertiary/aromatic N) is 3. The van der Waals surface area contributed by atoms with Crippen molar-refractivity contribution in [2.45, 2.75) is 74.1 Å². The monoisotopic (exact) mass is 672 g/mol. The van der Waals surface area contributed by atoms with E-state index in [0.29, 0.717) is 49.5 Å². The van der Waals surface area contributed by atoms with Crippen molar-refractivity contribution in [2.75, 3.05) is 47.4 Å². The van der Waals surface area contributed by atoms with Gasteiger partial charge in [-0.25, -0.2) is 4.79 Å². The number of likely N-dealkylation sites (tertiary alicyclic amines) is 1. The Morgan fingerprint density at radius 3 is 2.75 bits per heavy atom. The quantitative estimate of drug-likeness (QED) is 0.0514. The SMILES string of the molecule is COc1ccc2c3c1O[C@H]1C(OC(=O)N(C)CCNC(=O)[C@H](CCCCN=C(N)N)NC(=O)CC(=O)[OH2+])=CC[C@@]4(O)[C@@H](C2)N(C)CC[C@]314. The molecule has 3 amide bonds. The number of rotatable bonds is 14. The Bertz CT molecular complexity index is 1510. The summed E-state index contributed by atoms with van der Waals surface area (Å²) in [6, 6.07) is 2.80. The largest absolute Gasteiger partial charge is 0.564 e. The summed E-state index contributed by atoms with van der Waals surface area (Å²) in [5.41, 5.74) is 10.7. The summed E-state index contributed by atoms with van der Waals surface area (Å²) in [6.07, 6.45) is 2.54. The molecule has 4 aliphatic rings. The third-order valence-electron chi connectivity index (χ3n) is 9.99. The average molecular weight is 673 g/mol. The standard InChI is InChI=1S/C32H45N7O9/c1-38-14-11-31-25-18-7-8-20(46-3)26(25)48-27(31)21(9-10-32(31,45)22(38)16-18)47-30(44)39(2)15-13-35-28(43)19(37-23(40)17-24(41)42)6-4-5-12-36-29(33)34/h7-9,19,22,27,45H,4-6,10-17H2,1-3H3,(H,35,43)(H,37,40)(H,41,42)(H4,33,34,36)/p+1/t19-,22+,27-,31-,32+/m0/s1. The van der Waals surface area contributed by atoms with Gasteiger partial charge in [0.05, 0.1) is 18.1 Å². The first-order valence-corrected chi connectivity index (χ1v) is 16.1. The van der Waals surface area contributed by atoms with E-state index in [0.717, 1.165) is 17.7 Å². The maximum atomic E-state index is 13.3. The van der Waals surface area contributed by atoms with E-state index in [1.54, 1.807) is 13.2 Å². The highest BCUT2D eigenvalue weighted by Crippen LogP contribution is 2.65. The molecule has 0 radical (unpaired) electrons. The molecule has 262 valence electrons. The van der Waals surface area contributed by atoms with Crippen molar-refractivity contribution in [1.29, 1.82) is 0 Å². The minimum Gasteiger partial charge on any atom is -0.564 e. The lowest BCUT2D eigenvalue weighted by atomic mass is 9.50. The first kappa shape index (κ1) is 34.8. The third kappa shape index (κ3) is 6.33. The molecule has 1 saturated heterocycles. The van der Waals surface area contributed by atoms with E-state index in [-0.39, 0.29) is 37.9 Å². The van der Waals surface area contributed by atoms with E-state index in [2.05, 4.69) is 20.5 Å². The van der Waals surface area contributed by atoms with Gasteiger partial charge in [0.2, 0.25) is 11.8 Å².